The quantitative estimate of drug-likeness (QED) is 0.709. The van der Waals surface area contributed by atoms with Crippen LogP contribution in [-0.4, -0.2) is 89.1 Å². The van der Waals surface area contributed by atoms with E-state index in [0.717, 1.165) is 28.8 Å². The van der Waals surface area contributed by atoms with Crippen LogP contribution >= 0.6 is 0 Å². The van der Waals surface area contributed by atoms with Crippen molar-refractivity contribution in [2.45, 2.75) is 25.2 Å². The number of likely N-dealkylation sites (N-methyl/N-ethyl adjacent to an activating group) is 2. The van der Waals surface area contributed by atoms with Gasteiger partial charge in [0, 0.05) is 26.6 Å². The summed E-state index contributed by atoms with van der Waals surface area (Å²) in [6.07, 6.45) is 1.95. The van der Waals surface area contributed by atoms with Crippen molar-refractivity contribution in [3.8, 4) is 5.88 Å². The molecular weight excluding hydrogens is 400 g/mol. The van der Waals surface area contributed by atoms with Gasteiger partial charge in [-0.2, -0.15) is 4.98 Å². The average Bonchev–Trinajstić information content (AvgIpc) is 3.43. The molecule has 0 N–H and O–H groups in total. The van der Waals surface area contributed by atoms with Crippen LogP contribution in [0, 0.1) is 5.92 Å². The summed E-state index contributed by atoms with van der Waals surface area (Å²) in [5.74, 6) is 0.999. The molecule has 3 aliphatic rings. The Kier molecular flexibility index (Phi) is 4.93. The number of carbonyl (C=O) groups is 2. The number of fused-ring (bicyclic) bond motifs is 2. The predicted octanol–water partition coefficient (Wildman–Crippen LogP) is 1.11. The second-order valence-electron chi connectivity index (χ2n) is 8.10. The third-order valence-electron chi connectivity index (χ3n) is 5.96. The van der Waals surface area contributed by atoms with Crippen LogP contribution in [-0.2, 0) is 16.1 Å². The van der Waals surface area contributed by atoms with Gasteiger partial charge < -0.3 is 14.4 Å². The van der Waals surface area contributed by atoms with Gasteiger partial charge >= 0.3 is 6.03 Å². The number of ether oxygens (including phenoxy) is 2. The molecule has 0 aliphatic carbocycles. The van der Waals surface area contributed by atoms with Gasteiger partial charge in [-0.1, -0.05) is 12.1 Å². The first kappa shape index (κ1) is 19.7. The fraction of sp³-hybridized carbons (Fsp3) is 0.476. The summed E-state index contributed by atoms with van der Waals surface area (Å²) in [5.41, 5.74) is 0.739. The van der Waals surface area contributed by atoms with Gasteiger partial charge in [0.15, 0.2) is 18.0 Å². The van der Waals surface area contributed by atoms with Crippen LogP contribution in [0.15, 0.2) is 29.3 Å². The van der Waals surface area contributed by atoms with E-state index in [1.807, 2.05) is 24.3 Å². The second-order valence-corrected chi connectivity index (χ2v) is 8.10. The summed E-state index contributed by atoms with van der Waals surface area (Å²) in [6.45, 7) is 2.08. The van der Waals surface area contributed by atoms with Crippen molar-refractivity contribution in [1.29, 1.82) is 0 Å². The summed E-state index contributed by atoms with van der Waals surface area (Å²) in [7, 11) is 3.26. The molecule has 3 unspecified atom stereocenters. The number of nitrogens with zero attached hydrogens (tertiary/aromatic N) is 6. The van der Waals surface area contributed by atoms with E-state index < -0.39 is 18.2 Å². The molecule has 2 aromatic rings. The van der Waals surface area contributed by atoms with Crippen molar-refractivity contribution in [1.82, 2.24) is 24.7 Å². The minimum absolute atomic E-state index is 0.122. The molecule has 2 fully saturated rings. The number of urea groups is 1. The highest BCUT2D eigenvalue weighted by Gasteiger charge is 2.49. The monoisotopic (exact) mass is 424 g/mol. The van der Waals surface area contributed by atoms with Crippen molar-refractivity contribution in [3.05, 3.63) is 30.1 Å². The number of benzene rings is 1. The Morgan fingerprint density at radius 1 is 1.19 bits per heavy atom. The molecule has 5 rings (SSSR count). The molecule has 162 valence electrons. The Morgan fingerprint density at radius 2 is 2.03 bits per heavy atom. The minimum Gasteiger partial charge on any atom is -0.477 e. The first-order valence-corrected chi connectivity index (χ1v) is 10.3. The van der Waals surface area contributed by atoms with Crippen LogP contribution in [0.4, 0.5) is 4.79 Å². The zero-order valence-electron chi connectivity index (χ0n) is 17.5. The highest BCUT2D eigenvalue weighted by atomic mass is 16.5. The maximum absolute atomic E-state index is 12.9. The standard InChI is InChI=1S/C21H24N6O4/c1-25-12-22-18-17(25)20(28)26(2)21(29)27(18)9-16-23-15-6-4-3-5-14(15)19(24-16)31-11-13-7-8-30-10-13/h3-6,12-13,17-18H,7-11H2,1-2H3. The van der Waals surface area contributed by atoms with E-state index in [2.05, 4.69) is 15.0 Å². The number of amides is 3. The fourth-order valence-electron chi connectivity index (χ4n) is 4.19. The van der Waals surface area contributed by atoms with Crippen LogP contribution in [0.1, 0.15) is 12.2 Å². The van der Waals surface area contributed by atoms with E-state index in [1.54, 1.807) is 18.3 Å². The molecule has 3 aliphatic heterocycles. The zero-order chi connectivity index (χ0) is 21.5. The highest BCUT2D eigenvalue weighted by Crippen LogP contribution is 2.28. The summed E-state index contributed by atoms with van der Waals surface area (Å²) in [4.78, 5) is 43.5. The van der Waals surface area contributed by atoms with Crippen molar-refractivity contribution >= 4 is 29.2 Å². The van der Waals surface area contributed by atoms with Crippen LogP contribution in [0.5, 0.6) is 5.88 Å². The number of aliphatic imine (C=N–C) groups is 1. The number of hydrogen-bond donors (Lipinski definition) is 0. The number of aromatic nitrogens is 2. The molecule has 3 atom stereocenters. The van der Waals surface area contributed by atoms with Crippen molar-refractivity contribution in [2.24, 2.45) is 10.9 Å². The minimum atomic E-state index is -0.601. The maximum Gasteiger partial charge on any atom is 0.328 e. The molecule has 31 heavy (non-hydrogen) atoms. The van der Waals surface area contributed by atoms with E-state index in [0.29, 0.717) is 30.8 Å². The molecule has 1 aromatic carbocycles. The molecular formula is C21H24N6O4. The van der Waals surface area contributed by atoms with Gasteiger partial charge in [0.25, 0.3) is 5.91 Å². The molecule has 0 spiro atoms. The predicted molar refractivity (Wildman–Crippen MR) is 111 cm³/mol. The summed E-state index contributed by atoms with van der Waals surface area (Å²) >= 11 is 0. The Labute approximate surface area is 179 Å². The lowest BCUT2D eigenvalue weighted by Crippen LogP contribution is -2.63. The third kappa shape index (κ3) is 3.46. The van der Waals surface area contributed by atoms with Crippen LogP contribution in [0.3, 0.4) is 0 Å². The molecule has 10 heteroatoms. The van der Waals surface area contributed by atoms with Gasteiger partial charge in [-0.05, 0) is 18.6 Å². The van der Waals surface area contributed by atoms with E-state index in [4.69, 9.17) is 9.47 Å². The molecule has 1 aromatic heterocycles. The van der Waals surface area contributed by atoms with Crippen molar-refractivity contribution in [2.75, 3.05) is 33.9 Å². The normalized spacial score (nSPS) is 25.6. The lowest BCUT2D eigenvalue weighted by molar-refractivity contribution is -0.136. The van der Waals surface area contributed by atoms with Crippen LogP contribution in [0.25, 0.3) is 10.9 Å². The van der Waals surface area contributed by atoms with Gasteiger partial charge in [-0.3, -0.25) is 14.6 Å². The topological polar surface area (TPSA) is 100 Å². The largest absolute Gasteiger partial charge is 0.477 e. The number of rotatable bonds is 5. The SMILES string of the molecule is CN1C(=O)C2C(N=CN2C)N(Cc2nc(OCC3CCOC3)c3ccccc3n2)C1=O. The van der Waals surface area contributed by atoms with Gasteiger partial charge in [0.2, 0.25) is 5.88 Å². The zero-order valence-corrected chi connectivity index (χ0v) is 17.5. The summed E-state index contributed by atoms with van der Waals surface area (Å²) in [5, 5.41) is 0.818. The van der Waals surface area contributed by atoms with E-state index >= 15 is 0 Å². The van der Waals surface area contributed by atoms with Gasteiger partial charge in [-0.25, -0.2) is 14.8 Å². The summed E-state index contributed by atoms with van der Waals surface area (Å²) in [6, 6.07) is 6.67. The van der Waals surface area contributed by atoms with Crippen molar-refractivity contribution in [3.63, 3.8) is 0 Å². The van der Waals surface area contributed by atoms with Gasteiger partial charge in [0.05, 0.1) is 37.0 Å². The van der Waals surface area contributed by atoms with E-state index in [-0.39, 0.29) is 12.5 Å². The third-order valence-corrected chi connectivity index (χ3v) is 5.96. The molecule has 4 heterocycles. The van der Waals surface area contributed by atoms with E-state index in [1.165, 1.54) is 11.9 Å². The first-order chi connectivity index (χ1) is 15.0. The first-order valence-electron chi connectivity index (χ1n) is 10.3. The number of para-hydroxylation sites is 1. The Balaban J connectivity index is 1.45. The van der Waals surface area contributed by atoms with E-state index in [9.17, 15) is 9.59 Å². The van der Waals surface area contributed by atoms with Crippen LogP contribution < -0.4 is 4.74 Å². The molecule has 0 bridgehead atoms. The Bertz CT molecular complexity index is 1050. The number of carbonyl (C=O) groups excluding carboxylic acids is 2. The smallest absolute Gasteiger partial charge is 0.328 e. The maximum atomic E-state index is 12.9. The Morgan fingerprint density at radius 3 is 2.84 bits per heavy atom. The van der Waals surface area contributed by atoms with Crippen molar-refractivity contribution < 1.29 is 19.1 Å². The highest BCUT2D eigenvalue weighted by molar-refractivity contribution is 6.01. The molecule has 0 radical (unpaired) electrons. The lowest BCUT2D eigenvalue weighted by atomic mass is 10.1. The van der Waals surface area contributed by atoms with Crippen LogP contribution in [0.2, 0.25) is 0 Å². The lowest BCUT2D eigenvalue weighted by Gasteiger charge is -2.40. The average molecular weight is 424 g/mol. The molecule has 10 nitrogen and oxygen atoms in total. The summed E-state index contributed by atoms with van der Waals surface area (Å²) < 4.78 is 11.5. The molecule has 3 amide bonds. The second kappa shape index (κ2) is 7.77. The van der Waals surface area contributed by atoms with Gasteiger partial charge in [-0.15, -0.1) is 0 Å². The molecule has 0 saturated carbocycles. The fourth-order valence-corrected chi connectivity index (χ4v) is 4.19. The molecule has 2 saturated heterocycles. The Hall–Kier alpha value is -3.27. The number of imide groups is 1. The number of hydrogen-bond acceptors (Lipinski definition) is 8. The van der Waals surface area contributed by atoms with Gasteiger partial charge in [0.1, 0.15) is 0 Å².